The van der Waals surface area contributed by atoms with Crippen LogP contribution in [0.4, 0.5) is 5.69 Å². The molecular weight excluding hydrogens is 250 g/mol. The van der Waals surface area contributed by atoms with Gasteiger partial charge in [-0.25, -0.2) is 0 Å². The van der Waals surface area contributed by atoms with Crippen LogP contribution in [0.3, 0.4) is 0 Å². The molecule has 3 heteroatoms. The van der Waals surface area contributed by atoms with Crippen molar-refractivity contribution >= 4 is 11.5 Å². The van der Waals surface area contributed by atoms with E-state index in [0.717, 1.165) is 23.4 Å². The normalized spacial score (nSPS) is 16.4. The maximum Gasteiger partial charge on any atom is 0.185 e. The lowest BCUT2D eigenvalue weighted by Gasteiger charge is -2.10. The number of rotatable bonds is 4. The third kappa shape index (κ3) is 2.39. The molecular formula is C17H17NO2. The van der Waals surface area contributed by atoms with Gasteiger partial charge in [0, 0.05) is 17.7 Å². The highest BCUT2D eigenvalue weighted by Gasteiger charge is 2.26. The van der Waals surface area contributed by atoms with Crippen molar-refractivity contribution in [2.75, 3.05) is 11.9 Å². The molecule has 0 saturated heterocycles. The number of para-hydroxylation sites is 1. The molecule has 1 unspecified atom stereocenters. The quantitative estimate of drug-likeness (QED) is 0.864. The Labute approximate surface area is 118 Å². The van der Waals surface area contributed by atoms with Gasteiger partial charge in [0.15, 0.2) is 5.78 Å². The first-order valence-electron chi connectivity index (χ1n) is 6.89. The van der Waals surface area contributed by atoms with Crippen LogP contribution in [0.2, 0.25) is 0 Å². The first kappa shape index (κ1) is 12.7. The van der Waals surface area contributed by atoms with E-state index in [2.05, 4.69) is 11.4 Å². The summed E-state index contributed by atoms with van der Waals surface area (Å²) in [6, 6.07) is 15.3. The maximum absolute atomic E-state index is 12.5. The second kappa shape index (κ2) is 5.37. The summed E-state index contributed by atoms with van der Waals surface area (Å²) in [4.78, 5) is 12.5. The molecule has 0 radical (unpaired) electrons. The molecule has 0 fully saturated rings. The Kier molecular flexibility index (Phi) is 3.42. The molecule has 0 spiro atoms. The zero-order valence-electron chi connectivity index (χ0n) is 11.4. The Hall–Kier alpha value is -2.29. The molecule has 1 N–H and O–H groups in total. The largest absolute Gasteiger partial charge is 0.494 e. The van der Waals surface area contributed by atoms with E-state index < -0.39 is 0 Å². The van der Waals surface area contributed by atoms with Crippen LogP contribution in [0.1, 0.15) is 22.8 Å². The molecule has 2 aromatic rings. The Morgan fingerprint density at radius 3 is 2.65 bits per heavy atom. The summed E-state index contributed by atoms with van der Waals surface area (Å²) in [5.74, 6) is 0.927. The van der Waals surface area contributed by atoms with Gasteiger partial charge in [0.2, 0.25) is 0 Å². The van der Waals surface area contributed by atoms with E-state index in [0.29, 0.717) is 6.61 Å². The van der Waals surface area contributed by atoms with Crippen LogP contribution in [-0.4, -0.2) is 18.4 Å². The smallest absolute Gasteiger partial charge is 0.185 e. The van der Waals surface area contributed by atoms with Gasteiger partial charge in [-0.3, -0.25) is 4.79 Å². The van der Waals surface area contributed by atoms with Crippen molar-refractivity contribution in [2.45, 2.75) is 19.4 Å². The number of Topliss-reactive ketones (excluding diaryl/α,β-unsaturated/α-hetero) is 1. The first-order valence-corrected chi connectivity index (χ1v) is 6.89. The number of carbonyl (C=O) groups is 1. The van der Waals surface area contributed by atoms with Gasteiger partial charge in [-0.1, -0.05) is 18.2 Å². The molecule has 3 rings (SSSR count). The van der Waals surface area contributed by atoms with Crippen molar-refractivity contribution in [1.82, 2.24) is 0 Å². The Bertz CT molecular complexity index is 594. The number of ketones is 1. The fourth-order valence-corrected chi connectivity index (χ4v) is 2.54. The minimum atomic E-state index is -0.162. The Morgan fingerprint density at radius 1 is 1.20 bits per heavy atom. The summed E-state index contributed by atoms with van der Waals surface area (Å²) in [7, 11) is 0. The lowest BCUT2D eigenvalue weighted by molar-refractivity contribution is 0.0971. The fraction of sp³-hybridized carbons (Fsp3) is 0.235. The number of anilines is 1. The third-order valence-corrected chi connectivity index (χ3v) is 3.54. The average molecular weight is 267 g/mol. The highest BCUT2D eigenvalue weighted by atomic mass is 16.5. The third-order valence-electron chi connectivity index (χ3n) is 3.54. The molecule has 0 bridgehead atoms. The van der Waals surface area contributed by atoms with Gasteiger partial charge in [-0.15, -0.1) is 0 Å². The minimum Gasteiger partial charge on any atom is -0.494 e. The maximum atomic E-state index is 12.5. The van der Waals surface area contributed by atoms with Crippen LogP contribution >= 0.6 is 0 Å². The zero-order valence-corrected chi connectivity index (χ0v) is 11.4. The number of fused-ring (bicyclic) bond motifs is 1. The molecule has 1 aliphatic heterocycles. The standard InChI is InChI=1S/C17H17NO2/c1-2-20-14-9-7-12(8-10-14)17(19)16-11-13-5-3-4-6-15(13)18-16/h3-10,16,18H,2,11H2,1H3. The lowest BCUT2D eigenvalue weighted by Crippen LogP contribution is -2.26. The number of nitrogens with one attached hydrogen (secondary N) is 1. The van der Waals surface area contributed by atoms with Gasteiger partial charge in [0.05, 0.1) is 12.6 Å². The topological polar surface area (TPSA) is 38.3 Å². The lowest BCUT2D eigenvalue weighted by atomic mass is 10.0. The van der Waals surface area contributed by atoms with Crippen LogP contribution in [0.15, 0.2) is 48.5 Å². The number of ether oxygens (including phenoxy) is 1. The molecule has 1 heterocycles. The number of carbonyl (C=O) groups excluding carboxylic acids is 1. The molecule has 1 aliphatic rings. The fourth-order valence-electron chi connectivity index (χ4n) is 2.54. The van der Waals surface area contributed by atoms with Crippen molar-refractivity contribution in [1.29, 1.82) is 0 Å². The predicted octanol–water partition coefficient (Wildman–Crippen LogP) is 3.30. The summed E-state index contributed by atoms with van der Waals surface area (Å²) in [5, 5.41) is 3.29. The SMILES string of the molecule is CCOc1ccc(C(=O)C2Cc3ccccc3N2)cc1. The summed E-state index contributed by atoms with van der Waals surface area (Å²) in [6.07, 6.45) is 0.752. The molecule has 0 saturated carbocycles. The van der Waals surface area contributed by atoms with Gasteiger partial charge in [0.25, 0.3) is 0 Å². The zero-order chi connectivity index (χ0) is 13.9. The molecule has 0 aromatic heterocycles. The Morgan fingerprint density at radius 2 is 1.95 bits per heavy atom. The van der Waals surface area contributed by atoms with Crippen molar-refractivity contribution in [2.24, 2.45) is 0 Å². The van der Waals surface area contributed by atoms with Gasteiger partial charge >= 0.3 is 0 Å². The monoisotopic (exact) mass is 267 g/mol. The number of hydrogen-bond donors (Lipinski definition) is 1. The van der Waals surface area contributed by atoms with Gasteiger partial charge < -0.3 is 10.1 Å². The molecule has 0 aliphatic carbocycles. The Balaban J connectivity index is 1.74. The van der Waals surface area contributed by atoms with Crippen molar-refractivity contribution in [3.8, 4) is 5.75 Å². The van der Waals surface area contributed by atoms with Crippen LogP contribution in [0.5, 0.6) is 5.75 Å². The van der Waals surface area contributed by atoms with Crippen LogP contribution in [-0.2, 0) is 6.42 Å². The van der Waals surface area contributed by atoms with Crippen molar-refractivity contribution < 1.29 is 9.53 Å². The molecule has 3 nitrogen and oxygen atoms in total. The second-order valence-electron chi connectivity index (χ2n) is 4.88. The van der Waals surface area contributed by atoms with E-state index >= 15 is 0 Å². The van der Waals surface area contributed by atoms with Crippen molar-refractivity contribution in [3.63, 3.8) is 0 Å². The van der Waals surface area contributed by atoms with E-state index in [-0.39, 0.29) is 11.8 Å². The van der Waals surface area contributed by atoms with Gasteiger partial charge in [-0.05, 0) is 42.8 Å². The first-order chi connectivity index (χ1) is 9.78. The average Bonchev–Trinajstić information content (AvgIpc) is 2.91. The summed E-state index contributed by atoms with van der Waals surface area (Å²) >= 11 is 0. The van der Waals surface area contributed by atoms with Crippen LogP contribution in [0.25, 0.3) is 0 Å². The van der Waals surface area contributed by atoms with E-state index in [1.807, 2.05) is 49.4 Å². The van der Waals surface area contributed by atoms with Crippen molar-refractivity contribution in [3.05, 3.63) is 59.7 Å². The van der Waals surface area contributed by atoms with Crippen LogP contribution < -0.4 is 10.1 Å². The molecule has 1 atom stereocenters. The van der Waals surface area contributed by atoms with Gasteiger partial charge in [0.1, 0.15) is 5.75 Å². The second-order valence-corrected chi connectivity index (χ2v) is 4.88. The highest BCUT2D eigenvalue weighted by Crippen LogP contribution is 2.27. The van der Waals surface area contributed by atoms with E-state index in [4.69, 9.17) is 4.74 Å². The number of hydrogen-bond acceptors (Lipinski definition) is 3. The van der Waals surface area contributed by atoms with E-state index in [9.17, 15) is 4.79 Å². The summed E-state index contributed by atoms with van der Waals surface area (Å²) < 4.78 is 5.39. The minimum absolute atomic E-state index is 0.129. The summed E-state index contributed by atoms with van der Waals surface area (Å²) in [5.41, 5.74) is 2.99. The van der Waals surface area contributed by atoms with Gasteiger partial charge in [-0.2, -0.15) is 0 Å². The van der Waals surface area contributed by atoms with Crippen LogP contribution in [0, 0.1) is 0 Å². The summed E-state index contributed by atoms with van der Waals surface area (Å²) in [6.45, 7) is 2.57. The molecule has 102 valence electrons. The predicted molar refractivity (Wildman–Crippen MR) is 79.5 cm³/mol. The molecule has 20 heavy (non-hydrogen) atoms. The van der Waals surface area contributed by atoms with E-state index in [1.54, 1.807) is 0 Å². The molecule has 2 aromatic carbocycles. The number of benzene rings is 2. The highest BCUT2D eigenvalue weighted by molar-refractivity contribution is 6.02. The van der Waals surface area contributed by atoms with E-state index in [1.165, 1.54) is 5.56 Å². The molecule has 0 amide bonds.